The normalized spacial score (nSPS) is 18.0. The van der Waals surface area contributed by atoms with E-state index in [9.17, 15) is 8.42 Å². The molecule has 1 heterocycles. The minimum absolute atomic E-state index is 0.377. The van der Waals surface area contributed by atoms with Crippen LogP contribution in [0, 0.1) is 5.92 Å². The summed E-state index contributed by atoms with van der Waals surface area (Å²) in [6, 6.07) is 7.13. The Hall–Kier alpha value is -0.740. The first-order valence-electron chi connectivity index (χ1n) is 6.12. The van der Waals surface area contributed by atoms with E-state index >= 15 is 0 Å². The van der Waals surface area contributed by atoms with Crippen LogP contribution < -0.4 is 4.90 Å². The number of hydrogen-bond donors (Lipinski definition) is 0. The molecule has 1 aliphatic heterocycles. The van der Waals surface area contributed by atoms with Gasteiger partial charge in [-0.3, -0.25) is 0 Å². The number of sulfone groups is 1. The number of benzene rings is 1. The molecule has 3 nitrogen and oxygen atoms in total. The molecule has 0 N–H and O–H groups in total. The van der Waals surface area contributed by atoms with Crippen LogP contribution in [0.5, 0.6) is 0 Å². The lowest BCUT2D eigenvalue weighted by Gasteiger charge is -2.32. The van der Waals surface area contributed by atoms with Crippen LogP contribution in [0.1, 0.15) is 12.8 Å². The number of piperidine rings is 1. The summed E-state index contributed by atoms with van der Waals surface area (Å²) in [5.41, 5.74) is 1.09. The molecule has 0 bridgehead atoms. The van der Waals surface area contributed by atoms with Crippen LogP contribution in [0.15, 0.2) is 29.2 Å². The van der Waals surface area contributed by atoms with E-state index < -0.39 is 9.84 Å². The molecule has 2 rings (SSSR count). The molecule has 100 valence electrons. The minimum atomic E-state index is -3.10. The van der Waals surface area contributed by atoms with Crippen LogP contribution in [0.2, 0.25) is 0 Å². The van der Waals surface area contributed by atoms with Crippen molar-refractivity contribution in [2.24, 2.45) is 5.92 Å². The fourth-order valence-corrected chi connectivity index (χ4v) is 3.19. The molecule has 1 aliphatic rings. The van der Waals surface area contributed by atoms with Crippen molar-refractivity contribution < 1.29 is 8.42 Å². The molecule has 1 saturated heterocycles. The van der Waals surface area contributed by atoms with E-state index in [0.29, 0.717) is 10.8 Å². The third-order valence-corrected chi connectivity index (χ3v) is 5.03. The minimum Gasteiger partial charge on any atom is -0.372 e. The molecule has 18 heavy (non-hydrogen) atoms. The SMILES string of the molecule is CS(=O)(=O)c1ccc(N2CCC(CCl)CC2)cc1. The largest absolute Gasteiger partial charge is 0.372 e. The molecule has 0 saturated carbocycles. The number of anilines is 1. The van der Waals surface area contributed by atoms with Gasteiger partial charge in [-0.2, -0.15) is 0 Å². The van der Waals surface area contributed by atoms with Gasteiger partial charge in [-0.1, -0.05) is 0 Å². The fourth-order valence-electron chi connectivity index (χ4n) is 2.25. The van der Waals surface area contributed by atoms with Gasteiger partial charge in [-0.25, -0.2) is 8.42 Å². The second-order valence-electron chi connectivity index (χ2n) is 4.85. The van der Waals surface area contributed by atoms with E-state index in [2.05, 4.69) is 4.90 Å². The van der Waals surface area contributed by atoms with E-state index in [1.54, 1.807) is 12.1 Å². The summed E-state index contributed by atoms with van der Waals surface area (Å²) < 4.78 is 22.7. The van der Waals surface area contributed by atoms with Crippen LogP contribution in [-0.2, 0) is 9.84 Å². The maximum atomic E-state index is 11.4. The fraction of sp³-hybridized carbons (Fsp3) is 0.538. The second-order valence-corrected chi connectivity index (χ2v) is 7.18. The quantitative estimate of drug-likeness (QED) is 0.802. The Morgan fingerprint density at radius 1 is 1.22 bits per heavy atom. The zero-order valence-corrected chi connectivity index (χ0v) is 12.0. The summed E-state index contributed by atoms with van der Waals surface area (Å²) in [5, 5.41) is 0. The topological polar surface area (TPSA) is 37.4 Å². The van der Waals surface area contributed by atoms with E-state index in [1.807, 2.05) is 12.1 Å². The summed E-state index contributed by atoms with van der Waals surface area (Å²) in [6.07, 6.45) is 3.45. The average Bonchev–Trinajstić information content (AvgIpc) is 2.38. The summed E-state index contributed by atoms with van der Waals surface area (Å²) in [7, 11) is -3.10. The first-order chi connectivity index (χ1) is 8.50. The van der Waals surface area contributed by atoms with E-state index in [0.717, 1.165) is 37.5 Å². The molecule has 0 spiro atoms. The first-order valence-corrected chi connectivity index (χ1v) is 8.54. The smallest absolute Gasteiger partial charge is 0.175 e. The highest BCUT2D eigenvalue weighted by Crippen LogP contribution is 2.24. The van der Waals surface area contributed by atoms with Crippen LogP contribution in [0.25, 0.3) is 0 Å². The Kier molecular flexibility index (Phi) is 4.17. The Morgan fingerprint density at radius 3 is 2.22 bits per heavy atom. The molecule has 0 aliphatic carbocycles. The Bertz CT molecular complexity index is 490. The van der Waals surface area contributed by atoms with Gasteiger partial charge in [-0.15, -0.1) is 11.6 Å². The van der Waals surface area contributed by atoms with Crippen molar-refractivity contribution in [3.05, 3.63) is 24.3 Å². The highest BCUT2D eigenvalue weighted by atomic mass is 35.5. The zero-order chi connectivity index (χ0) is 13.2. The van der Waals surface area contributed by atoms with Crippen molar-refractivity contribution in [1.29, 1.82) is 0 Å². The van der Waals surface area contributed by atoms with E-state index in [-0.39, 0.29) is 0 Å². The zero-order valence-electron chi connectivity index (χ0n) is 10.5. The number of rotatable bonds is 3. The van der Waals surface area contributed by atoms with Crippen molar-refractivity contribution in [1.82, 2.24) is 0 Å². The van der Waals surface area contributed by atoms with Gasteiger partial charge in [0, 0.05) is 30.9 Å². The third kappa shape index (κ3) is 3.18. The first kappa shape index (κ1) is 13.7. The maximum absolute atomic E-state index is 11.4. The van der Waals surface area contributed by atoms with Gasteiger partial charge in [-0.05, 0) is 43.0 Å². The van der Waals surface area contributed by atoms with Gasteiger partial charge in [0.2, 0.25) is 0 Å². The Morgan fingerprint density at radius 2 is 1.78 bits per heavy atom. The summed E-state index contributed by atoms with van der Waals surface area (Å²) in [6.45, 7) is 1.99. The van der Waals surface area contributed by atoms with Gasteiger partial charge >= 0.3 is 0 Å². The molecule has 1 fully saturated rings. The lowest BCUT2D eigenvalue weighted by atomic mass is 9.98. The summed E-state index contributed by atoms with van der Waals surface area (Å²) in [5.74, 6) is 1.36. The number of alkyl halides is 1. The highest BCUT2D eigenvalue weighted by molar-refractivity contribution is 7.90. The molecule has 0 radical (unpaired) electrons. The van der Waals surface area contributed by atoms with Gasteiger partial charge in [0.15, 0.2) is 9.84 Å². The predicted octanol–water partition coefficient (Wildman–Crippen LogP) is 2.55. The molecule has 0 unspecified atom stereocenters. The monoisotopic (exact) mass is 287 g/mol. The molecule has 0 atom stereocenters. The number of halogens is 1. The molecule has 1 aromatic rings. The standard InChI is InChI=1S/C13H18ClNO2S/c1-18(16,17)13-4-2-12(3-5-13)15-8-6-11(10-14)7-9-15/h2-5,11H,6-10H2,1H3. The molecule has 5 heteroatoms. The van der Waals surface area contributed by atoms with E-state index in [4.69, 9.17) is 11.6 Å². The maximum Gasteiger partial charge on any atom is 0.175 e. The van der Waals surface area contributed by atoms with E-state index in [1.165, 1.54) is 6.26 Å². The lowest BCUT2D eigenvalue weighted by molar-refractivity contribution is 0.443. The van der Waals surface area contributed by atoms with Crippen LogP contribution in [0.3, 0.4) is 0 Å². The van der Waals surface area contributed by atoms with Gasteiger partial charge in [0.1, 0.15) is 0 Å². The lowest BCUT2D eigenvalue weighted by Crippen LogP contribution is -2.34. The van der Waals surface area contributed by atoms with Crippen LogP contribution in [-0.4, -0.2) is 33.6 Å². The third-order valence-electron chi connectivity index (χ3n) is 3.46. The number of nitrogens with zero attached hydrogens (tertiary/aromatic N) is 1. The molecule has 1 aromatic carbocycles. The molecular formula is C13H18ClNO2S. The highest BCUT2D eigenvalue weighted by Gasteiger charge is 2.18. The van der Waals surface area contributed by atoms with Crippen molar-refractivity contribution >= 4 is 27.1 Å². The van der Waals surface area contributed by atoms with Crippen molar-refractivity contribution in [2.75, 3.05) is 30.1 Å². The van der Waals surface area contributed by atoms with Gasteiger partial charge in [0.05, 0.1) is 4.90 Å². The number of hydrogen-bond acceptors (Lipinski definition) is 3. The second kappa shape index (κ2) is 5.49. The van der Waals surface area contributed by atoms with Crippen molar-refractivity contribution in [3.8, 4) is 0 Å². The molecular weight excluding hydrogens is 270 g/mol. The molecule has 0 aromatic heterocycles. The Labute approximate surface area is 114 Å². The van der Waals surface area contributed by atoms with Crippen LogP contribution >= 0.6 is 11.6 Å². The van der Waals surface area contributed by atoms with Crippen LogP contribution in [0.4, 0.5) is 5.69 Å². The average molecular weight is 288 g/mol. The van der Waals surface area contributed by atoms with Crippen molar-refractivity contribution in [2.45, 2.75) is 17.7 Å². The predicted molar refractivity (Wildman–Crippen MR) is 75.2 cm³/mol. The van der Waals surface area contributed by atoms with Gasteiger partial charge in [0.25, 0.3) is 0 Å². The molecule has 0 amide bonds. The van der Waals surface area contributed by atoms with Gasteiger partial charge < -0.3 is 4.90 Å². The summed E-state index contributed by atoms with van der Waals surface area (Å²) in [4.78, 5) is 2.66. The summed E-state index contributed by atoms with van der Waals surface area (Å²) >= 11 is 5.86. The Balaban J connectivity index is 2.07. The van der Waals surface area contributed by atoms with Crippen molar-refractivity contribution in [3.63, 3.8) is 0 Å².